The number of amides is 1. The molecule has 2 fully saturated rings. The maximum atomic E-state index is 13.1. The summed E-state index contributed by atoms with van der Waals surface area (Å²) in [7, 11) is 1.64. The van der Waals surface area contributed by atoms with Crippen molar-refractivity contribution in [1.82, 2.24) is 0 Å². The van der Waals surface area contributed by atoms with Crippen molar-refractivity contribution in [3.8, 4) is 5.75 Å². The Balaban J connectivity index is 1.76. The third-order valence-corrected chi connectivity index (χ3v) is 5.20. The molecule has 2 saturated heterocycles. The summed E-state index contributed by atoms with van der Waals surface area (Å²) in [5.41, 5.74) is 1.47. The van der Waals surface area contributed by atoms with Gasteiger partial charge >= 0.3 is 0 Å². The first-order valence-corrected chi connectivity index (χ1v) is 8.04. The van der Waals surface area contributed by atoms with E-state index in [2.05, 4.69) is 18.7 Å². The van der Waals surface area contributed by atoms with Crippen LogP contribution in [0.5, 0.6) is 5.75 Å². The van der Waals surface area contributed by atoms with Crippen molar-refractivity contribution in [2.24, 2.45) is 5.92 Å². The normalized spacial score (nSPS) is 34.1. The number of carbonyl (C=O) groups excluding carboxylic acids is 1. The van der Waals surface area contributed by atoms with Crippen LogP contribution in [0.4, 0.5) is 5.69 Å². The van der Waals surface area contributed by atoms with Gasteiger partial charge < -0.3 is 14.4 Å². The SMILES string of the molecule is C=C(C)C[C@@H]1N(c2ccc(OC)cc2)C(=O)[C@@H]2C[C@H]3C=C[C@@]12O3. The Morgan fingerprint density at radius 2 is 2.17 bits per heavy atom. The number of hydrogen-bond acceptors (Lipinski definition) is 3. The summed E-state index contributed by atoms with van der Waals surface area (Å²) in [5, 5.41) is 0. The average molecular weight is 311 g/mol. The molecule has 120 valence electrons. The molecule has 4 atom stereocenters. The van der Waals surface area contributed by atoms with Gasteiger partial charge in [-0.05, 0) is 44.0 Å². The summed E-state index contributed by atoms with van der Waals surface area (Å²) < 4.78 is 11.4. The van der Waals surface area contributed by atoms with Gasteiger partial charge in [-0.2, -0.15) is 0 Å². The Bertz CT molecular complexity index is 693. The molecule has 3 heterocycles. The van der Waals surface area contributed by atoms with Crippen molar-refractivity contribution in [3.05, 3.63) is 48.6 Å². The van der Waals surface area contributed by atoms with Crippen molar-refractivity contribution in [2.75, 3.05) is 12.0 Å². The molecule has 4 nitrogen and oxygen atoms in total. The molecule has 2 bridgehead atoms. The Hall–Kier alpha value is -2.07. The molecule has 1 aromatic rings. The smallest absolute Gasteiger partial charge is 0.233 e. The molecule has 3 aliphatic heterocycles. The maximum Gasteiger partial charge on any atom is 0.233 e. The number of nitrogens with zero attached hydrogens (tertiary/aromatic N) is 1. The fourth-order valence-electron chi connectivity index (χ4n) is 4.21. The molecule has 4 rings (SSSR count). The second-order valence-corrected chi connectivity index (χ2v) is 6.74. The molecule has 1 aromatic carbocycles. The molecule has 1 amide bonds. The number of anilines is 1. The van der Waals surface area contributed by atoms with Crippen LogP contribution in [-0.2, 0) is 9.53 Å². The zero-order valence-corrected chi connectivity index (χ0v) is 13.5. The molecule has 3 aliphatic rings. The third-order valence-electron chi connectivity index (χ3n) is 5.20. The first kappa shape index (κ1) is 14.5. The molecule has 0 aliphatic carbocycles. The number of rotatable bonds is 4. The number of methoxy groups -OCH3 is 1. The highest BCUT2D eigenvalue weighted by Gasteiger charge is 2.65. The maximum absolute atomic E-state index is 13.1. The summed E-state index contributed by atoms with van der Waals surface area (Å²) in [5.74, 6) is 0.865. The van der Waals surface area contributed by atoms with Crippen LogP contribution in [0.25, 0.3) is 0 Å². The van der Waals surface area contributed by atoms with Crippen LogP contribution in [0.15, 0.2) is 48.6 Å². The monoisotopic (exact) mass is 311 g/mol. The Morgan fingerprint density at radius 1 is 1.43 bits per heavy atom. The minimum atomic E-state index is -0.485. The predicted octanol–water partition coefficient (Wildman–Crippen LogP) is 3.09. The van der Waals surface area contributed by atoms with Gasteiger partial charge in [0.15, 0.2) is 0 Å². The standard InChI is InChI=1S/C19H21NO3/c1-12(2)10-17-19-9-8-15(23-19)11-16(19)18(21)20(17)13-4-6-14(22-3)7-5-13/h4-9,15-17H,1,10-11H2,2-3H3/t15-,16+,17+,19+/m1/s1. The lowest BCUT2D eigenvalue weighted by molar-refractivity contribution is -0.121. The minimum absolute atomic E-state index is 0.0327. The predicted molar refractivity (Wildman–Crippen MR) is 88.6 cm³/mol. The highest BCUT2D eigenvalue weighted by atomic mass is 16.5. The van der Waals surface area contributed by atoms with E-state index < -0.39 is 5.60 Å². The highest BCUT2D eigenvalue weighted by Crippen LogP contribution is 2.54. The molecule has 0 N–H and O–H groups in total. The van der Waals surface area contributed by atoms with E-state index in [4.69, 9.17) is 9.47 Å². The molecule has 0 radical (unpaired) electrons. The lowest BCUT2D eigenvalue weighted by Crippen LogP contribution is -2.45. The second-order valence-electron chi connectivity index (χ2n) is 6.74. The van der Waals surface area contributed by atoms with Crippen molar-refractivity contribution in [2.45, 2.75) is 37.5 Å². The fourth-order valence-corrected chi connectivity index (χ4v) is 4.21. The van der Waals surface area contributed by atoms with Gasteiger partial charge in [0, 0.05) is 5.69 Å². The summed E-state index contributed by atoms with van der Waals surface area (Å²) >= 11 is 0. The Labute approximate surface area is 136 Å². The average Bonchev–Trinajstić information content (AvgIpc) is 3.18. The topological polar surface area (TPSA) is 38.8 Å². The van der Waals surface area contributed by atoms with Crippen molar-refractivity contribution in [1.29, 1.82) is 0 Å². The van der Waals surface area contributed by atoms with Gasteiger partial charge in [-0.15, -0.1) is 6.58 Å². The number of carbonyl (C=O) groups is 1. The van der Waals surface area contributed by atoms with Crippen LogP contribution in [0.2, 0.25) is 0 Å². The molecule has 0 unspecified atom stereocenters. The Morgan fingerprint density at radius 3 is 2.78 bits per heavy atom. The van der Waals surface area contributed by atoms with E-state index in [1.54, 1.807) is 7.11 Å². The molecule has 0 aromatic heterocycles. The van der Waals surface area contributed by atoms with Crippen LogP contribution >= 0.6 is 0 Å². The van der Waals surface area contributed by atoms with E-state index >= 15 is 0 Å². The van der Waals surface area contributed by atoms with Gasteiger partial charge in [0.1, 0.15) is 11.4 Å². The van der Waals surface area contributed by atoms with E-state index in [1.807, 2.05) is 36.1 Å². The molecular formula is C19H21NO3. The lowest BCUT2D eigenvalue weighted by Gasteiger charge is -2.33. The van der Waals surface area contributed by atoms with Gasteiger partial charge in [-0.1, -0.05) is 17.7 Å². The molecule has 23 heavy (non-hydrogen) atoms. The van der Waals surface area contributed by atoms with E-state index in [-0.39, 0.29) is 24.0 Å². The molecule has 0 saturated carbocycles. The van der Waals surface area contributed by atoms with Crippen LogP contribution in [-0.4, -0.2) is 30.8 Å². The van der Waals surface area contributed by atoms with E-state index in [1.165, 1.54) is 0 Å². The first-order valence-electron chi connectivity index (χ1n) is 8.04. The largest absolute Gasteiger partial charge is 0.497 e. The van der Waals surface area contributed by atoms with Gasteiger partial charge in [-0.3, -0.25) is 4.79 Å². The van der Waals surface area contributed by atoms with Crippen LogP contribution in [0.3, 0.4) is 0 Å². The number of benzene rings is 1. The van der Waals surface area contributed by atoms with E-state index in [0.29, 0.717) is 0 Å². The zero-order valence-electron chi connectivity index (χ0n) is 13.5. The van der Waals surface area contributed by atoms with Crippen LogP contribution in [0, 0.1) is 5.92 Å². The second kappa shape index (κ2) is 4.96. The van der Waals surface area contributed by atoms with Crippen LogP contribution in [0.1, 0.15) is 19.8 Å². The third kappa shape index (κ3) is 1.98. The summed E-state index contributed by atoms with van der Waals surface area (Å²) in [6, 6.07) is 7.63. The van der Waals surface area contributed by atoms with Gasteiger partial charge in [-0.25, -0.2) is 0 Å². The quantitative estimate of drug-likeness (QED) is 0.802. The summed E-state index contributed by atoms with van der Waals surface area (Å²) in [6.45, 7) is 6.06. The van der Waals surface area contributed by atoms with Gasteiger partial charge in [0.25, 0.3) is 0 Å². The molecular weight excluding hydrogens is 290 g/mol. The van der Waals surface area contributed by atoms with E-state index in [9.17, 15) is 4.79 Å². The molecule has 1 spiro atoms. The van der Waals surface area contributed by atoms with Crippen molar-refractivity contribution in [3.63, 3.8) is 0 Å². The van der Waals surface area contributed by atoms with Crippen LogP contribution < -0.4 is 9.64 Å². The van der Waals surface area contributed by atoms with Crippen molar-refractivity contribution >= 4 is 11.6 Å². The van der Waals surface area contributed by atoms with Gasteiger partial charge in [0.05, 0.1) is 25.2 Å². The number of fused-ring (bicyclic) bond motifs is 1. The lowest BCUT2D eigenvalue weighted by atomic mass is 9.80. The Kier molecular flexibility index (Phi) is 3.13. The highest BCUT2D eigenvalue weighted by molar-refractivity contribution is 6.01. The van der Waals surface area contributed by atoms with E-state index in [0.717, 1.165) is 29.9 Å². The summed E-state index contributed by atoms with van der Waals surface area (Å²) in [6.07, 6.45) is 5.84. The first-order chi connectivity index (χ1) is 11.0. The zero-order chi connectivity index (χ0) is 16.2. The minimum Gasteiger partial charge on any atom is -0.497 e. The number of hydrogen-bond donors (Lipinski definition) is 0. The molecule has 4 heteroatoms. The number of ether oxygens (including phenoxy) is 2. The van der Waals surface area contributed by atoms with Crippen molar-refractivity contribution < 1.29 is 14.3 Å². The van der Waals surface area contributed by atoms with Gasteiger partial charge in [0.2, 0.25) is 5.91 Å². The summed E-state index contributed by atoms with van der Waals surface area (Å²) in [4.78, 5) is 15.0. The fraction of sp³-hybridized carbons (Fsp3) is 0.421.